The molecular formula is C8H17NO2. The first-order valence-electron chi connectivity index (χ1n) is 4.12. The van der Waals surface area contributed by atoms with Gasteiger partial charge >= 0.3 is 0 Å². The maximum atomic E-state index is 9.55. The van der Waals surface area contributed by atoms with E-state index in [4.69, 9.17) is 5.11 Å². The molecule has 0 amide bonds. The highest BCUT2D eigenvalue weighted by Crippen LogP contribution is 2.19. The largest absolute Gasteiger partial charge is 0.392 e. The average molecular weight is 159 g/mol. The zero-order chi connectivity index (χ0) is 8.48. The summed E-state index contributed by atoms with van der Waals surface area (Å²) in [5.74, 6) is 0. The zero-order valence-corrected chi connectivity index (χ0v) is 7.25. The summed E-state index contributed by atoms with van der Waals surface area (Å²) in [6, 6.07) is 0. The van der Waals surface area contributed by atoms with E-state index in [0.717, 1.165) is 13.0 Å². The van der Waals surface area contributed by atoms with Gasteiger partial charge in [0, 0.05) is 19.6 Å². The number of likely N-dealkylation sites (tertiary alicyclic amines) is 1. The summed E-state index contributed by atoms with van der Waals surface area (Å²) in [4.78, 5) is 2.09. The van der Waals surface area contributed by atoms with E-state index in [0.29, 0.717) is 13.1 Å². The molecule has 3 nitrogen and oxygen atoms in total. The molecule has 11 heavy (non-hydrogen) atoms. The number of nitrogens with zero attached hydrogens (tertiary/aromatic N) is 1. The summed E-state index contributed by atoms with van der Waals surface area (Å²) < 4.78 is 0. The van der Waals surface area contributed by atoms with Crippen molar-refractivity contribution in [3.8, 4) is 0 Å². The van der Waals surface area contributed by atoms with Crippen LogP contribution in [0.3, 0.4) is 0 Å². The van der Waals surface area contributed by atoms with Gasteiger partial charge in [-0.2, -0.15) is 0 Å². The highest BCUT2D eigenvalue weighted by atomic mass is 16.3. The molecule has 0 aliphatic carbocycles. The molecule has 66 valence electrons. The topological polar surface area (TPSA) is 43.7 Å². The van der Waals surface area contributed by atoms with Crippen molar-refractivity contribution in [3.63, 3.8) is 0 Å². The quantitative estimate of drug-likeness (QED) is 0.587. The number of hydrogen-bond donors (Lipinski definition) is 2. The van der Waals surface area contributed by atoms with Crippen LogP contribution in [0.2, 0.25) is 0 Å². The fraction of sp³-hybridized carbons (Fsp3) is 1.00. The lowest BCUT2D eigenvalue weighted by Gasteiger charge is -2.19. The molecule has 1 rings (SSSR count). The van der Waals surface area contributed by atoms with Crippen LogP contribution < -0.4 is 0 Å². The van der Waals surface area contributed by atoms with Crippen molar-refractivity contribution in [2.75, 3.05) is 19.6 Å². The van der Waals surface area contributed by atoms with E-state index in [-0.39, 0.29) is 6.10 Å². The standard InChI is InChI=1S/C8H17NO2/c1-7(10)5-9-4-3-8(2,11)6-9/h7,10-11H,3-6H2,1-2H3/t7-,8?/m0/s1. The monoisotopic (exact) mass is 159 g/mol. The van der Waals surface area contributed by atoms with E-state index in [1.165, 1.54) is 0 Å². The second-order valence-electron chi connectivity index (χ2n) is 3.83. The molecule has 1 fully saturated rings. The van der Waals surface area contributed by atoms with Crippen LogP contribution in [-0.4, -0.2) is 46.5 Å². The molecule has 3 heteroatoms. The van der Waals surface area contributed by atoms with Gasteiger partial charge in [-0.3, -0.25) is 4.90 Å². The smallest absolute Gasteiger partial charge is 0.0758 e. The predicted octanol–water partition coefficient (Wildman–Crippen LogP) is -0.176. The van der Waals surface area contributed by atoms with Gasteiger partial charge in [0.05, 0.1) is 11.7 Å². The molecule has 0 bridgehead atoms. The highest BCUT2D eigenvalue weighted by molar-refractivity contribution is 4.86. The Kier molecular flexibility index (Phi) is 2.52. The Labute approximate surface area is 67.6 Å². The van der Waals surface area contributed by atoms with Crippen molar-refractivity contribution in [2.45, 2.75) is 32.0 Å². The first-order chi connectivity index (χ1) is 4.99. The minimum atomic E-state index is -0.533. The van der Waals surface area contributed by atoms with Crippen LogP contribution in [0.4, 0.5) is 0 Å². The SMILES string of the molecule is C[C@H](O)CN1CCC(C)(O)C1. The van der Waals surface area contributed by atoms with Gasteiger partial charge in [0.2, 0.25) is 0 Å². The summed E-state index contributed by atoms with van der Waals surface area (Å²) in [6.07, 6.45) is 0.531. The minimum Gasteiger partial charge on any atom is -0.392 e. The maximum Gasteiger partial charge on any atom is 0.0758 e. The normalized spacial score (nSPS) is 36.0. The third-order valence-electron chi connectivity index (χ3n) is 2.05. The Morgan fingerprint density at radius 3 is 2.64 bits per heavy atom. The van der Waals surface area contributed by atoms with Crippen molar-refractivity contribution in [3.05, 3.63) is 0 Å². The van der Waals surface area contributed by atoms with E-state index in [1.54, 1.807) is 6.92 Å². The minimum absolute atomic E-state index is 0.288. The van der Waals surface area contributed by atoms with Gasteiger partial charge in [-0.25, -0.2) is 0 Å². The van der Waals surface area contributed by atoms with Crippen molar-refractivity contribution >= 4 is 0 Å². The van der Waals surface area contributed by atoms with E-state index < -0.39 is 5.60 Å². The van der Waals surface area contributed by atoms with E-state index >= 15 is 0 Å². The van der Waals surface area contributed by atoms with Crippen LogP contribution in [0.1, 0.15) is 20.3 Å². The molecule has 2 atom stereocenters. The Bertz CT molecular complexity index is 134. The molecule has 2 N–H and O–H groups in total. The number of hydrogen-bond acceptors (Lipinski definition) is 3. The molecule has 0 aromatic rings. The van der Waals surface area contributed by atoms with Crippen molar-refractivity contribution in [2.24, 2.45) is 0 Å². The van der Waals surface area contributed by atoms with Gasteiger partial charge in [0.15, 0.2) is 0 Å². The van der Waals surface area contributed by atoms with Crippen molar-refractivity contribution in [1.82, 2.24) is 4.90 Å². The number of aliphatic hydroxyl groups is 2. The predicted molar refractivity (Wildman–Crippen MR) is 43.4 cm³/mol. The van der Waals surface area contributed by atoms with Crippen molar-refractivity contribution in [1.29, 1.82) is 0 Å². The third kappa shape index (κ3) is 2.77. The lowest BCUT2D eigenvalue weighted by atomic mass is 10.1. The van der Waals surface area contributed by atoms with Gasteiger partial charge in [-0.05, 0) is 20.3 Å². The highest BCUT2D eigenvalue weighted by Gasteiger charge is 2.31. The van der Waals surface area contributed by atoms with Crippen LogP contribution in [0.5, 0.6) is 0 Å². The van der Waals surface area contributed by atoms with Gasteiger partial charge in [0.25, 0.3) is 0 Å². The number of rotatable bonds is 2. The molecule has 0 aromatic carbocycles. The zero-order valence-electron chi connectivity index (χ0n) is 7.25. The molecule has 0 radical (unpaired) electrons. The Hall–Kier alpha value is -0.120. The van der Waals surface area contributed by atoms with Gasteiger partial charge in [-0.15, -0.1) is 0 Å². The van der Waals surface area contributed by atoms with Crippen LogP contribution in [0, 0.1) is 0 Å². The molecule has 0 aromatic heterocycles. The van der Waals surface area contributed by atoms with Crippen molar-refractivity contribution < 1.29 is 10.2 Å². The fourth-order valence-electron chi connectivity index (χ4n) is 1.57. The maximum absolute atomic E-state index is 9.55. The Balaban J connectivity index is 2.31. The molecule has 1 aliphatic rings. The van der Waals surface area contributed by atoms with E-state index in [1.807, 2.05) is 6.92 Å². The lowest BCUT2D eigenvalue weighted by molar-refractivity contribution is 0.0605. The Morgan fingerprint density at radius 2 is 2.27 bits per heavy atom. The lowest BCUT2D eigenvalue weighted by Crippen LogP contribution is -2.33. The molecule has 1 heterocycles. The number of aliphatic hydroxyl groups excluding tert-OH is 1. The summed E-state index contributed by atoms with van der Waals surface area (Å²) in [5, 5.41) is 18.6. The first-order valence-corrected chi connectivity index (χ1v) is 4.12. The summed E-state index contributed by atoms with van der Waals surface area (Å²) in [7, 11) is 0. The van der Waals surface area contributed by atoms with E-state index in [9.17, 15) is 5.11 Å². The Morgan fingerprint density at radius 1 is 1.64 bits per heavy atom. The first kappa shape index (κ1) is 8.97. The number of β-amino-alcohol motifs (C(OH)–C–C–N with tert-alkyl or cyclic N) is 2. The second kappa shape index (κ2) is 3.09. The molecule has 0 saturated carbocycles. The third-order valence-corrected chi connectivity index (χ3v) is 2.05. The van der Waals surface area contributed by atoms with Crippen LogP contribution in [0.25, 0.3) is 0 Å². The van der Waals surface area contributed by atoms with Crippen LogP contribution in [0.15, 0.2) is 0 Å². The molecule has 1 saturated heterocycles. The van der Waals surface area contributed by atoms with E-state index in [2.05, 4.69) is 4.90 Å². The molecular weight excluding hydrogens is 142 g/mol. The summed E-state index contributed by atoms with van der Waals surface area (Å²) in [5.41, 5.74) is -0.533. The van der Waals surface area contributed by atoms with Gasteiger partial charge in [0.1, 0.15) is 0 Å². The molecule has 1 unspecified atom stereocenters. The van der Waals surface area contributed by atoms with Crippen LogP contribution >= 0.6 is 0 Å². The summed E-state index contributed by atoms with van der Waals surface area (Å²) >= 11 is 0. The van der Waals surface area contributed by atoms with Crippen LogP contribution in [-0.2, 0) is 0 Å². The molecule has 1 aliphatic heterocycles. The summed E-state index contributed by atoms with van der Waals surface area (Å²) in [6.45, 7) is 5.88. The van der Waals surface area contributed by atoms with Gasteiger partial charge in [-0.1, -0.05) is 0 Å². The average Bonchev–Trinajstić information content (AvgIpc) is 2.08. The second-order valence-corrected chi connectivity index (χ2v) is 3.83. The molecule has 0 spiro atoms. The van der Waals surface area contributed by atoms with Gasteiger partial charge < -0.3 is 10.2 Å². The fourth-order valence-corrected chi connectivity index (χ4v) is 1.57.